The van der Waals surface area contributed by atoms with Crippen LogP contribution < -0.4 is 10.1 Å². The summed E-state index contributed by atoms with van der Waals surface area (Å²) in [5, 5.41) is 2.82. The molecule has 1 aromatic carbocycles. The van der Waals surface area contributed by atoms with Gasteiger partial charge in [0, 0.05) is 13.6 Å². The third-order valence-electron chi connectivity index (χ3n) is 2.77. The molecule has 0 bridgehead atoms. The van der Waals surface area contributed by atoms with Crippen molar-refractivity contribution in [2.24, 2.45) is 0 Å². The van der Waals surface area contributed by atoms with E-state index in [1.807, 2.05) is 6.92 Å². The smallest absolute Gasteiger partial charge is 0.243 e. The molecule has 0 unspecified atom stereocenters. The number of hydrogen-bond donors (Lipinski definition) is 1. The normalized spacial score (nSPS) is 11.5. The van der Waals surface area contributed by atoms with Crippen LogP contribution in [0.4, 0.5) is 0 Å². The second-order valence-corrected chi connectivity index (χ2v) is 6.86. The fourth-order valence-electron chi connectivity index (χ4n) is 1.60. The highest BCUT2D eigenvalue weighted by Crippen LogP contribution is 2.27. The van der Waals surface area contributed by atoms with E-state index in [1.54, 1.807) is 0 Å². The van der Waals surface area contributed by atoms with Crippen LogP contribution in [0.1, 0.15) is 13.3 Å². The van der Waals surface area contributed by atoms with Crippen LogP contribution in [0.5, 0.6) is 5.75 Å². The third kappa shape index (κ3) is 4.59. The van der Waals surface area contributed by atoms with E-state index in [-0.39, 0.29) is 22.4 Å². The Hall–Kier alpha value is -1.31. The van der Waals surface area contributed by atoms with Crippen molar-refractivity contribution in [1.82, 2.24) is 9.62 Å². The van der Waals surface area contributed by atoms with Crippen molar-refractivity contribution < 1.29 is 17.9 Å². The average molecular weight is 335 g/mol. The monoisotopic (exact) mass is 334 g/mol. The molecule has 0 aliphatic heterocycles. The lowest BCUT2D eigenvalue weighted by Crippen LogP contribution is -2.38. The summed E-state index contributed by atoms with van der Waals surface area (Å²) in [6.45, 7) is 2.19. The number of benzene rings is 1. The lowest BCUT2D eigenvalue weighted by molar-refractivity contribution is -0.121. The number of halogens is 1. The number of carbonyl (C=O) groups excluding carboxylic acids is 1. The van der Waals surface area contributed by atoms with E-state index in [9.17, 15) is 13.2 Å². The van der Waals surface area contributed by atoms with Gasteiger partial charge in [0.25, 0.3) is 0 Å². The molecule has 0 saturated carbocycles. The van der Waals surface area contributed by atoms with Crippen molar-refractivity contribution in [1.29, 1.82) is 0 Å². The Morgan fingerprint density at radius 3 is 2.62 bits per heavy atom. The molecule has 1 amide bonds. The van der Waals surface area contributed by atoms with Crippen molar-refractivity contribution in [3.05, 3.63) is 23.2 Å². The van der Waals surface area contributed by atoms with Crippen LogP contribution >= 0.6 is 11.6 Å². The van der Waals surface area contributed by atoms with Crippen LogP contribution in [0.15, 0.2) is 23.1 Å². The Labute approximate surface area is 130 Å². The quantitative estimate of drug-likeness (QED) is 0.819. The number of nitrogens with one attached hydrogen (secondary N) is 1. The number of ether oxygens (including phenoxy) is 1. The first kappa shape index (κ1) is 17.7. The highest BCUT2D eigenvalue weighted by molar-refractivity contribution is 7.89. The van der Waals surface area contributed by atoms with Crippen molar-refractivity contribution in [3.8, 4) is 5.75 Å². The van der Waals surface area contributed by atoms with Gasteiger partial charge < -0.3 is 10.1 Å². The molecule has 0 aliphatic rings. The van der Waals surface area contributed by atoms with Crippen LogP contribution in [0, 0.1) is 0 Å². The SMILES string of the molecule is CCCNC(=O)CN(C)S(=O)(=O)c1ccc(OC)c(Cl)c1. The molecule has 118 valence electrons. The molecule has 0 heterocycles. The fourth-order valence-corrected chi connectivity index (χ4v) is 3.07. The summed E-state index contributed by atoms with van der Waals surface area (Å²) in [5.41, 5.74) is 0. The first-order valence-corrected chi connectivity index (χ1v) is 8.21. The zero-order valence-corrected chi connectivity index (χ0v) is 13.8. The molecule has 0 atom stereocenters. The highest BCUT2D eigenvalue weighted by Gasteiger charge is 2.23. The molecule has 0 fully saturated rings. The van der Waals surface area contributed by atoms with Gasteiger partial charge in [-0.1, -0.05) is 18.5 Å². The number of likely N-dealkylation sites (N-methyl/N-ethyl adjacent to an activating group) is 1. The van der Waals surface area contributed by atoms with Gasteiger partial charge in [0.1, 0.15) is 5.75 Å². The molecule has 0 saturated heterocycles. The molecule has 6 nitrogen and oxygen atoms in total. The van der Waals surface area contributed by atoms with E-state index in [2.05, 4.69) is 5.32 Å². The number of nitrogens with zero attached hydrogens (tertiary/aromatic N) is 1. The lowest BCUT2D eigenvalue weighted by atomic mass is 10.3. The Bertz CT molecular complexity index is 604. The van der Waals surface area contributed by atoms with E-state index in [4.69, 9.17) is 16.3 Å². The van der Waals surface area contributed by atoms with Crippen LogP contribution in [-0.2, 0) is 14.8 Å². The molecule has 1 rings (SSSR count). The van der Waals surface area contributed by atoms with E-state index in [0.29, 0.717) is 12.3 Å². The van der Waals surface area contributed by atoms with Gasteiger partial charge in [-0.25, -0.2) is 8.42 Å². The predicted octanol–water partition coefficient (Wildman–Crippen LogP) is 1.50. The zero-order valence-electron chi connectivity index (χ0n) is 12.2. The topological polar surface area (TPSA) is 75.7 Å². The molecule has 0 aliphatic carbocycles. The summed E-state index contributed by atoms with van der Waals surface area (Å²) in [6, 6.07) is 4.16. The van der Waals surface area contributed by atoms with Crippen LogP contribution in [0.2, 0.25) is 5.02 Å². The number of amides is 1. The number of carbonyl (C=O) groups is 1. The zero-order chi connectivity index (χ0) is 16.0. The molecule has 1 aromatic rings. The van der Waals surface area contributed by atoms with Crippen molar-refractivity contribution >= 4 is 27.5 Å². The molecule has 21 heavy (non-hydrogen) atoms. The maximum Gasteiger partial charge on any atom is 0.243 e. The van der Waals surface area contributed by atoms with Crippen molar-refractivity contribution in [2.75, 3.05) is 27.2 Å². The maximum absolute atomic E-state index is 12.3. The summed E-state index contributed by atoms with van der Waals surface area (Å²) in [6.07, 6.45) is 0.788. The molecular formula is C13H19ClN2O4S. The van der Waals surface area contributed by atoms with Crippen molar-refractivity contribution in [3.63, 3.8) is 0 Å². The Morgan fingerprint density at radius 1 is 1.43 bits per heavy atom. The Balaban J connectivity index is 2.89. The minimum absolute atomic E-state index is 0.0130. The maximum atomic E-state index is 12.3. The predicted molar refractivity (Wildman–Crippen MR) is 81.1 cm³/mol. The number of rotatable bonds is 7. The second-order valence-electron chi connectivity index (χ2n) is 4.41. The van der Waals surface area contributed by atoms with Gasteiger partial charge in [-0.3, -0.25) is 4.79 Å². The van der Waals surface area contributed by atoms with E-state index >= 15 is 0 Å². The fraction of sp³-hybridized carbons (Fsp3) is 0.462. The first-order valence-electron chi connectivity index (χ1n) is 6.39. The summed E-state index contributed by atoms with van der Waals surface area (Å²) in [7, 11) is -0.984. The van der Waals surface area contributed by atoms with E-state index in [1.165, 1.54) is 32.4 Å². The standard InChI is InChI=1S/C13H19ClN2O4S/c1-4-7-15-13(17)9-16(2)21(18,19)10-5-6-12(20-3)11(14)8-10/h5-6,8H,4,7,9H2,1-3H3,(H,15,17). The van der Waals surface area contributed by atoms with E-state index in [0.717, 1.165) is 10.7 Å². The van der Waals surface area contributed by atoms with Crippen molar-refractivity contribution in [2.45, 2.75) is 18.2 Å². The van der Waals surface area contributed by atoms with Crippen LogP contribution in [-0.4, -0.2) is 45.9 Å². The van der Waals surface area contributed by atoms with Gasteiger partial charge in [-0.05, 0) is 24.6 Å². The molecule has 8 heteroatoms. The first-order chi connectivity index (χ1) is 9.82. The number of hydrogen-bond acceptors (Lipinski definition) is 4. The van der Waals surface area contributed by atoms with Gasteiger partial charge in [0.2, 0.25) is 15.9 Å². The second kappa shape index (κ2) is 7.63. The number of methoxy groups -OCH3 is 1. The molecular weight excluding hydrogens is 316 g/mol. The summed E-state index contributed by atoms with van der Waals surface area (Å²) in [4.78, 5) is 11.6. The minimum atomic E-state index is -3.77. The third-order valence-corrected chi connectivity index (χ3v) is 4.86. The van der Waals surface area contributed by atoms with Crippen LogP contribution in [0.25, 0.3) is 0 Å². The molecule has 0 spiro atoms. The largest absolute Gasteiger partial charge is 0.495 e. The average Bonchev–Trinajstić information content (AvgIpc) is 2.44. The number of sulfonamides is 1. The summed E-state index contributed by atoms with van der Waals surface area (Å²) < 4.78 is 30.6. The van der Waals surface area contributed by atoms with Gasteiger partial charge in [0.05, 0.1) is 23.6 Å². The Kier molecular flexibility index (Phi) is 6.44. The highest BCUT2D eigenvalue weighted by atomic mass is 35.5. The molecule has 1 N–H and O–H groups in total. The van der Waals surface area contributed by atoms with Gasteiger partial charge in [-0.2, -0.15) is 4.31 Å². The summed E-state index contributed by atoms with van der Waals surface area (Å²) >= 11 is 5.93. The van der Waals surface area contributed by atoms with Gasteiger partial charge in [0.15, 0.2) is 0 Å². The minimum Gasteiger partial charge on any atom is -0.495 e. The van der Waals surface area contributed by atoms with Gasteiger partial charge in [-0.15, -0.1) is 0 Å². The van der Waals surface area contributed by atoms with E-state index < -0.39 is 10.0 Å². The van der Waals surface area contributed by atoms with Crippen LogP contribution in [0.3, 0.4) is 0 Å². The van der Waals surface area contributed by atoms with Gasteiger partial charge >= 0.3 is 0 Å². The summed E-state index contributed by atoms with van der Waals surface area (Å²) in [5.74, 6) is 0.0430. The molecule has 0 radical (unpaired) electrons. The Morgan fingerprint density at radius 2 is 2.10 bits per heavy atom. The lowest BCUT2D eigenvalue weighted by Gasteiger charge is -2.17. The molecule has 0 aromatic heterocycles.